The van der Waals surface area contributed by atoms with E-state index >= 15 is 0 Å². The van der Waals surface area contributed by atoms with E-state index in [4.69, 9.17) is 4.74 Å². The van der Waals surface area contributed by atoms with Crippen molar-refractivity contribution < 1.29 is 14.3 Å². The molecular formula is C16H21N5O4. The number of carbonyl (C=O) groups excluding carboxylic acids is 2. The van der Waals surface area contributed by atoms with E-state index < -0.39 is 23.6 Å². The summed E-state index contributed by atoms with van der Waals surface area (Å²) in [5.74, 6) is -1.14. The van der Waals surface area contributed by atoms with E-state index in [-0.39, 0.29) is 12.5 Å². The maximum atomic E-state index is 12.3. The van der Waals surface area contributed by atoms with Crippen LogP contribution in [0.1, 0.15) is 20.3 Å². The fourth-order valence-corrected chi connectivity index (χ4v) is 2.26. The van der Waals surface area contributed by atoms with Crippen LogP contribution < -0.4 is 11.0 Å². The molecule has 0 saturated carbocycles. The first-order valence-corrected chi connectivity index (χ1v) is 7.93. The number of rotatable bonds is 7. The van der Waals surface area contributed by atoms with Crippen molar-refractivity contribution >= 4 is 11.9 Å². The van der Waals surface area contributed by atoms with Crippen LogP contribution in [0, 0.1) is 5.92 Å². The lowest BCUT2D eigenvalue weighted by atomic mass is 9.99. The molecule has 0 bridgehead atoms. The molecule has 25 heavy (non-hydrogen) atoms. The van der Waals surface area contributed by atoms with E-state index in [1.807, 2.05) is 19.9 Å². The lowest BCUT2D eigenvalue weighted by Gasteiger charge is -2.21. The molecule has 1 amide bonds. The molecule has 2 atom stereocenters. The summed E-state index contributed by atoms with van der Waals surface area (Å²) in [7, 11) is 1.26. The molecule has 0 aliphatic rings. The zero-order chi connectivity index (χ0) is 18.4. The van der Waals surface area contributed by atoms with E-state index in [1.54, 1.807) is 24.3 Å². The summed E-state index contributed by atoms with van der Waals surface area (Å²) >= 11 is 0. The fourth-order valence-electron chi connectivity index (χ4n) is 2.26. The molecule has 0 aliphatic carbocycles. The van der Waals surface area contributed by atoms with Crippen molar-refractivity contribution in [3.63, 3.8) is 0 Å². The van der Waals surface area contributed by atoms with Gasteiger partial charge in [0.1, 0.15) is 12.6 Å². The molecule has 1 aromatic heterocycles. The second-order valence-corrected chi connectivity index (χ2v) is 5.62. The Balaban J connectivity index is 2.12. The largest absolute Gasteiger partial charge is 0.467 e. The van der Waals surface area contributed by atoms with Gasteiger partial charge in [0.05, 0.1) is 12.8 Å². The number of amides is 1. The van der Waals surface area contributed by atoms with Crippen molar-refractivity contribution in [3.05, 3.63) is 40.8 Å². The number of aromatic nitrogens is 4. The second kappa shape index (κ2) is 8.22. The van der Waals surface area contributed by atoms with Gasteiger partial charge in [0, 0.05) is 0 Å². The molecule has 9 nitrogen and oxygen atoms in total. The molecule has 1 N–H and O–H groups in total. The van der Waals surface area contributed by atoms with Gasteiger partial charge >= 0.3 is 11.7 Å². The number of benzene rings is 1. The first-order chi connectivity index (χ1) is 12.0. The highest BCUT2D eigenvalue weighted by atomic mass is 16.5. The van der Waals surface area contributed by atoms with Crippen LogP contribution >= 0.6 is 0 Å². The summed E-state index contributed by atoms with van der Waals surface area (Å²) in [6, 6.07) is 7.98. The average molecular weight is 347 g/mol. The Hall–Kier alpha value is -2.97. The van der Waals surface area contributed by atoms with Crippen LogP contribution in [0.2, 0.25) is 0 Å². The molecule has 2 aromatic rings. The summed E-state index contributed by atoms with van der Waals surface area (Å²) in [5.41, 5.74) is 0.00529. The van der Waals surface area contributed by atoms with Crippen molar-refractivity contribution in [2.24, 2.45) is 5.92 Å². The quantitative estimate of drug-likeness (QED) is 0.714. The van der Waals surface area contributed by atoms with Gasteiger partial charge in [-0.25, -0.2) is 9.59 Å². The maximum Gasteiger partial charge on any atom is 0.368 e. The topological polar surface area (TPSA) is 108 Å². The molecule has 0 spiro atoms. The predicted octanol–water partition coefficient (Wildman–Crippen LogP) is 0.133. The van der Waals surface area contributed by atoms with Crippen LogP contribution in [-0.4, -0.2) is 44.8 Å². The molecule has 9 heteroatoms. The number of carbonyl (C=O) groups is 2. The van der Waals surface area contributed by atoms with Crippen molar-refractivity contribution in [1.29, 1.82) is 0 Å². The third kappa shape index (κ3) is 4.31. The summed E-state index contributed by atoms with van der Waals surface area (Å²) < 4.78 is 6.75. The molecule has 0 aliphatic heterocycles. The Morgan fingerprint density at radius 1 is 1.24 bits per heavy atom. The molecule has 0 saturated heterocycles. The molecule has 134 valence electrons. The Labute approximate surface area is 144 Å². The molecule has 0 radical (unpaired) electrons. The van der Waals surface area contributed by atoms with Crippen molar-refractivity contribution in [3.8, 4) is 5.69 Å². The lowest BCUT2D eigenvalue weighted by Crippen LogP contribution is -2.47. The number of ether oxygens (including phenoxy) is 1. The smallest absolute Gasteiger partial charge is 0.368 e. The van der Waals surface area contributed by atoms with Gasteiger partial charge in [0.25, 0.3) is 0 Å². The number of nitrogens with zero attached hydrogens (tertiary/aromatic N) is 4. The number of tetrazole rings is 1. The first-order valence-electron chi connectivity index (χ1n) is 7.93. The highest BCUT2D eigenvalue weighted by Gasteiger charge is 2.27. The SMILES string of the molecule is CCC(C)C(NC(=O)Cn1nnn(-c2ccccc2)c1=O)C(=O)OC. The Bertz CT molecular complexity index is 783. The highest BCUT2D eigenvalue weighted by molar-refractivity contribution is 5.84. The zero-order valence-corrected chi connectivity index (χ0v) is 14.4. The van der Waals surface area contributed by atoms with E-state index in [0.29, 0.717) is 12.1 Å². The van der Waals surface area contributed by atoms with Crippen LogP contribution in [-0.2, 0) is 20.9 Å². The third-order valence-corrected chi connectivity index (χ3v) is 3.92. The second-order valence-electron chi connectivity index (χ2n) is 5.62. The number of para-hydroxylation sites is 1. The van der Waals surface area contributed by atoms with Crippen LogP contribution in [0.3, 0.4) is 0 Å². The number of methoxy groups -OCH3 is 1. The number of hydrogen-bond acceptors (Lipinski definition) is 6. The molecule has 2 rings (SSSR count). The van der Waals surface area contributed by atoms with Gasteiger partial charge in [-0.3, -0.25) is 4.79 Å². The number of nitrogens with one attached hydrogen (secondary N) is 1. The summed E-state index contributed by atoms with van der Waals surface area (Å²) in [6.07, 6.45) is 0.685. The molecule has 1 heterocycles. The zero-order valence-electron chi connectivity index (χ0n) is 14.4. The summed E-state index contributed by atoms with van der Waals surface area (Å²) in [5, 5.41) is 10.1. The first kappa shape index (κ1) is 18.4. The molecule has 2 unspecified atom stereocenters. The van der Waals surface area contributed by atoms with Crippen LogP contribution in [0.25, 0.3) is 5.69 Å². The van der Waals surface area contributed by atoms with Gasteiger partial charge in [-0.15, -0.1) is 0 Å². The minimum absolute atomic E-state index is 0.104. The highest BCUT2D eigenvalue weighted by Crippen LogP contribution is 2.09. The van der Waals surface area contributed by atoms with Gasteiger partial charge in [-0.2, -0.15) is 9.36 Å². The predicted molar refractivity (Wildman–Crippen MR) is 89.0 cm³/mol. The molecular weight excluding hydrogens is 326 g/mol. The Morgan fingerprint density at radius 2 is 1.92 bits per heavy atom. The maximum absolute atomic E-state index is 12.3. The van der Waals surface area contributed by atoms with Gasteiger partial charge in [-0.05, 0) is 28.5 Å². The van der Waals surface area contributed by atoms with E-state index in [2.05, 4.69) is 15.7 Å². The molecule has 0 fully saturated rings. The fraction of sp³-hybridized carbons (Fsp3) is 0.438. The van der Waals surface area contributed by atoms with E-state index in [9.17, 15) is 14.4 Å². The number of esters is 1. The van der Waals surface area contributed by atoms with Gasteiger partial charge in [0.2, 0.25) is 5.91 Å². The lowest BCUT2D eigenvalue weighted by molar-refractivity contribution is -0.146. The minimum Gasteiger partial charge on any atom is -0.467 e. The van der Waals surface area contributed by atoms with Crippen LogP contribution in [0.4, 0.5) is 0 Å². The van der Waals surface area contributed by atoms with Crippen LogP contribution in [0.5, 0.6) is 0 Å². The van der Waals surface area contributed by atoms with Gasteiger partial charge in [-0.1, -0.05) is 38.5 Å². The van der Waals surface area contributed by atoms with Crippen molar-refractivity contribution in [1.82, 2.24) is 25.1 Å². The standard InChI is InChI=1S/C16H21N5O4/c1-4-11(2)14(15(23)25-3)17-13(22)10-20-16(24)21(19-18-20)12-8-6-5-7-9-12/h5-9,11,14H,4,10H2,1-3H3,(H,17,22). The van der Waals surface area contributed by atoms with Crippen molar-refractivity contribution in [2.75, 3.05) is 7.11 Å². The van der Waals surface area contributed by atoms with E-state index in [0.717, 1.165) is 9.36 Å². The summed E-state index contributed by atoms with van der Waals surface area (Å²) in [6.45, 7) is 3.40. The third-order valence-electron chi connectivity index (χ3n) is 3.92. The Kier molecular flexibility index (Phi) is 6.04. The average Bonchev–Trinajstić information content (AvgIpc) is 2.99. The normalized spacial score (nSPS) is 13.1. The monoisotopic (exact) mass is 347 g/mol. The number of hydrogen-bond donors (Lipinski definition) is 1. The van der Waals surface area contributed by atoms with Crippen LogP contribution in [0.15, 0.2) is 35.1 Å². The van der Waals surface area contributed by atoms with Crippen molar-refractivity contribution in [2.45, 2.75) is 32.9 Å². The molecule has 1 aromatic carbocycles. The van der Waals surface area contributed by atoms with Gasteiger partial charge < -0.3 is 10.1 Å². The summed E-state index contributed by atoms with van der Waals surface area (Å²) in [4.78, 5) is 36.3. The van der Waals surface area contributed by atoms with E-state index in [1.165, 1.54) is 7.11 Å². The Morgan fingerprint density at radius 3 is 2.52 bits per heavy atom. The van der Waals surface area contributed by atoms with Gasteiger partial charge in [0.15, 0.2) is 0 Å². The minimum atomic E-state index is -0.776.